The molecule has 96 valence electrons. The number of rotatable bonds is 7. The van der Waals surface area contributed by atoms with E-state index >= 15 is 0 Å². The molecule has 2 N–H and O–H groups in total. The SMILES string of the molecule is CCN(CC)CCCC(C)N1CCC(N)C1. The van der Waals surface area contributed by atoms with Crippen LogP contribution in [0.2, 0.25) is 0 Å². The van der Waals surface area contributed by atoms with Gasteiger partial charge in [0.25, 0.3) is 0 Å². The van der Waals surface area contributed by atoms with Crippen molar-refractivity contribution in [1.82, 2.24) is 9.80 Å². The van der Waals surface area contributed by atoms with Crippen molar-refractivity contribution in [3.8, 4) is 0 Å². The van der Waals surface area contributed by atoms with Crippen LogP contribution in [0.4, 0.5) is 0 Å². The molecule has 1 aliphatic heterocycles. The first kappa shape index (κ1) is 13.9. The van der Waals surface area contributed by atoms with E-state index in [-0.39, 0.29) is 0 Å². The Kier molecular flexibility index (Phi) is 6.32. The van der Waals surface area contributed by atoms with Gasteiger partial charge in [0.1, 0.15) is 0 Å². The summed E-state index contributed by atoms with van der Waals surface area (Å²) in [5.74, 6) is 0. The molecule has 1 heterocycles. The third-order valence-corrected chi connectivity index (χ3v) is 3.87. The molecule has 1 aliphatic rings. The Morgan fingerprint density at radius 1 is 1.38 bits per heavy atom. The monoisotopic (exact) mass is 227 g/mol. The van der Waals surface area contributed by atoms with Crippen LogP contribution in [0.1, 0.15) is 40.0 Å². The van der Waals surface area contributed by atoms with Crippen LogP contribution < -0.4 is 5.73 Å². The fraction of sp³-hybridized carbons (Fsp3) is 1.00. The van der Waals surface area contributed by atoms with Gasteiger partial charge in [-0.05, 0) is 52.4 Å². The van der Waals surface area contributed by atoms with E-state index in [9.17, 15) is 0 Å². The van der Waals surface area contributed by atoms with Crippen molar-refractivity contribution < 1.29 is 0 Å². The molecule has 1 fully saturated rings. The molecule has 0 aliphatic carbocycles. The highest BCUT2D eigenvalue weighted by Gasteiger charge is 2.22. The van der Waals surface area contributed by atoms with Gasteiger partial charge in [0, 0.05) is 18.6 Å². The van der Waals surface area contributed by atoms with Gasteiger partial charge in [-0.2, -0.15) is 0 Å². The maximum atomic E-state index is 5.93. The van der Waals surface area contributed by atoms with Crippen LogP contribution in [0.15, 0.2) is 0 Å². The normalized spacial score (nSPS) is 24.2. The first-order chi connectivity index (χ1) is 7.67. The Morgan fingerprint density at radius 3 is 2.56 bits per heavy atom. The average Bonchev–Trinajstić information content (AvgIpc) is 2.71. The maximum Gasteiger partial charge on any atom is 0.0180 e. The van der Waals surface area contributed by atoms with E-state index in [1.807, 2.05) is 0 Å². The third kappa shape index (κ3) is 4.40. The van der Waals surface area contributed by atoms with Gasteiger partial charge >= 0.3 is 0 Å². The first-order valence-corrected chi connectivity index (χ1v) is 6.89. The van der Waals surface area contributed by atoms with Crippen molar-refractivity contribution in [2.75, 3.05) is 32.7 Å². The molecule has 2 atom stereocenters. The van der Waals surface area contributed by atoms with Crippen LogP contribution in [0.3, 0.4) is 0 Å². The molecule has 0 aromatic heterocycles. The molecular weight excluding hydrogens is 198 g/mol. The topological polar surface area (TPSA) is 32.5 Å². The van der Waals surface area contributed by atoms with E-state index in [1.54, 1.807) is 0 Å². The lowest BCUT2D eigenvalue weighted by molar-refractivity contribution is 0.224. The van der Waals surface area contributed by atoms with Crippen molar-refractivity contribution in [3.05, 3.63) is 0 Å². The summed E-state index contributed by atoms with van der Waals surface area (Å²) >= 11 is 0. The van der Waals surface area contributed by atoms with E-state index in [1.165, 1.54) is 45.4 Å². The Morgan fingerprint density at radius 2 is 2.06 bits per heavy atom. The van der Waals surface area contributed by atoms with Crippen LogP contribution in [0.5, 0.6) is 0 Å². The quantitative estimate of drug-likeness (QED) is 0.716. The zero-order chi connectivity index (χ0) is 12.0. The molecule has 3 heteroatoms. The van der Waals surface area contributed by atoms with Gasteiger partial charge in [-0.15, -0.1) is 0 Å². The van der Waals surface area contributed by atoms with Crippen molar-refractivity contribution in [2.45, 2.75) is 52.1 Å². The summed E-state index contributed by atoms with van der Waals surface area (Å²) in [6.45, 7) is 12.7. The fourth-order valence-electron chi connectivity index (χ4n) is 2.55. The molecule has 0 aromatic rings. The summed E-state index contributed by atoms with van der Waals surface area (Å²) in [6.07, 6.45) is 3.80. The molecule has 0 saturated carbocycles. The molecule has 16 heavy (non-hydrogen) atoms. The Bertz CT molecular complexity index is 180. The second-order valence-corrected chi connectivity index (χ2v) is 5.06. The number of hydrogen-bond donors (Lipinski definition) is 1. The molecular formula is C13H29N3. The van der Waals surface area contributed by atoms with Gasteiger partial charge in [0.05, 0.1) is 0 Å². The van der Waals surface area contributed by atoms with E-state index in [4.69, 9.17) is 5.73 Å². The summed E-state index contributed by atoms with van der Waals surface area (Å²) in [7, 11) is 0. The maximum absolute atomic E-state index is 5.93. The lowest BCUT2D eigenvalue weighted by Gasteiger charge is -2.25. The summed E-state index contributed by atoms with van der Waals surface area (Å²) in [4.78, 5) is 5.05. The van der Waals surface area contributed by atoms with Gasteiger partial charge in [-0.25, -0.2) is 0 Å². The highest BCUT2D eigenvalue weighted by Crippen LogP contribution is 2.14. The number of likely N-dealkylation sites (tertiary alicyclic amines) is 1. The average molecular weight is 227 g/mol. The second kappa shape index (κ2) is 7.25. The third-order valence-electron chi connectivity index (χ3n) is 3.87. The fourth-order valence-corrected chi connectivity index (χ4v) is 2.55. The predicted octanol–water partition coefficient (Wildman–Crippen LogP) is 1.53. The Balaban J connectivity index is 2.12. The van der Waals surface area contributed by atoms with E-state index in [0.717, 1.165) is 6.54 Å². The van der Waals surface area contributed by atoms with Gasteiger partial charge in [-0.1, -0.05) is 13.8 Å². The standard InChI is InChI=1S/C13H29N3/c1-4-15(5-2)9-6-7-12(3)16-10-8-13(14)11-16/h12-13H,4-11,14H2,1-3H3. The molecule has 0 bridgehead atoms. The highest BCUT2D eigenvalue weighted by molar-refractivity contribution is 4.81. The van der Waals surface area contributed by atoms with Crippen LogP contribution in [-0.2, 0) is 0 Å². The van der Waals surface area contributed by atoms with E-state index < -0.39 is 0 Å². The zero-order valence-electron chi connectivity index (χ0n) is 11.3. The molecule has 0 amide bonds. The number of hydrogen-bond acceptors (Lipinski definition) is 3. The zero-order valence-corrected chi connectivity index (χ0v) is 11.3. The Labute approximate surface area is 101 Å². The van der Waals surface area contributed by atoms with Crippen molar-refractivity contribution in [1.29, 1.82) is 0 Å². The largest absolute Gasteiger partial charge is 0.326 e. The van der Waals surface area contributed by atoms with Crippen LogP contribution in [-0.4, -0.2) is 54.6 Å². The minimum absolute atomic E-state index is 0.422. The molecule has 1 saturated heterocycles. The minimum Gasteiger partial charge on any atom is -0.326 e. The lowest BCUT2D eigenvalue weighted by Crippen LogP contribution is -2.34. The van der Waals surface area contributed by atoms with Crippen LogP contribution >= 0.6 is 0 Å². The summed E-state index contributed by atoms with van der Waals surface area (Å²) in [6, 6.07) is 1.13. The summed E-state index contributed by atoms with van der Waals surface area (Å²) in [5, 5.41) is 0. The van der Waals surface area contributed by atoms with E-state index in [0.29, 0.717) is 12.1 Å². The minimum atomic E-state index is 0.422. The summed E-state index contributed by atoms with van der Waals surface area (Å²) in [5.41, 5.74) is 5.93. The molecule has 1 rings (SSSR count). The molecule has 3 nitrogen and oxygen atoms in total. The predicted molar refractivity (Wildman–Crippen MR) is 70.6 cm³/mol. The smallest absolute Gasteiger partial charge is 0.0180 e. The highest BCUT2D eigenvalue weighted by atomic mass is 15.2. The lowest BCUT2D eigenvalue weighted by atomic mass is 10.1. The summed E-state index contributed by atoms with van der Waals surface area (Å²) < 4.78 is 0. The van der Waals surface area contributed by atoms with Gasteiger partial charge in [-0.3, -0.25) is 4.90 Å². The van der Waals surface area contributed by atoms with Crippen LogP contribution in [0, 0.1) is 0 Å². The first-order valence-electron chi connectivity index (χ1n) is 6.89. The van der Waals surface area contributed by atoms with Crippen molar-refractivity contribution in [3.63, 3.8) is 0 Å². The molecule has 0 spiro atoms. The molecule has 0 aromatic carbocycles. The number of nitrogens with two attached hydrogens (primary N) is 1. The molecule has 0 radical (unpaired) electrons. The van der Waals surface area contributed by atoms with Crippen molar-refractivity contribution >= 4 is 0 Å². The number of nitrogens with zero attached hydrogens (tertiary/aromatic N) is 2. The van der Waals surface area contributed by atoms with Crippen molar-refractivity contribution in [2.24, 2.45) is 5.73 Å². The van der Waals surface area contributed by atoms with Gasteiger partial charge < -0.3 is 10.6 Å². The molecule has 2 unspecified atom stereocenters. The Hall–Kier alpha value is -0.120. The second-order valence-electron chi connectivity index (χ2n) is 5.06. The van der Waals surface area contributed by atoms with Crippen LogP contribution in [0.25, 0.3) is 0 Å². The van der Waals surface area contributed by atoms with Gasteiger partial charge in [0.15, 0.2) is 0 Å². The van der Waals surface area contributed by atoms with Gasteiger partial charge in [0.2, 0.25) is 0 Å². The van der Waals surface area contributed by atoms with E-state index in [2.05, 4.69) is 30.6 Å².